The standard InChI is InChI=1S/C18H22O2S/c1-13(2)20-17-10-6-5-9-15(17)16(19)12-21-18-11-7-4-8-14(18)3/h4-11,13,16,19H,12H2,1-3H3. The highest BCUT2D eigenvalue weighted by molar-refractivity contribution is 7.99. The summed E-state index contributed by atoms with van der Waals surface area (Å²) in [5.74, 6) is 1.38. The quantitative estimate of drug-likeness (QED) is 0.790. The van der Waals surface area contributed by atoms with Crippen LogP contribution in [-0.2, 0) is 0 Å². The van der Waals surface area contributed by atoms with Crippen LogP contribution in [0.25, 0.3) is 0 Å². The van der Waals surface area contributed by atoms with E-state index in [0.717, 1.165) is 11.3 Å². The molecule has 2 aromatic carbocycles. The Balaban J connectivity index is 2.07. The number of hydrogen-bond donors (Lipinski definition) is 1. The summed E-state index contributed by atoms with van der Waals surface area (Å²) in [7, 11) is 0. The molecule has 0 radical (unpaired) electrons. The number of aryl methyl sites for hydroxylation is 1. The molecule has 0 aliphatic heterocycles. The second kappa shape index (κ2) is 7.53. The summed E-state index contributed by atoms with van der Waals surface area (Å²) >= 11 is 1.67. The topological polar surface area (TPSA) is 29.5 Å². The number of rotatable bonds is 6. The van der Waals surface area contributed by atoms with Crippen LogP contribution in [0.4, 0.5) is 0 Å². The molecule has 21 heavy (non-hydrogen) atoms. The predicted molar refractivity (Wildman–Crippen MR) is 89.1 cm³/mol. The zero-order valence-electron chi connectivity index (χ0n) is 12.7. The fourth-order valence-electron chi connectivity index (χ4n) is 2.09. The van der Waals surface area contributed by atoms with Crippen molar-refractivity contribution in [2.75, 3.05) is 5.75 Å². The highest BCUT2D eigenvalue weighted by Gasteiger charge is 2.14. The van der Waals surface area contributed by atoms with Crippen LogP contribution >= 0.6 is 11.8 Å². The molecule has 0 aromatic heterocycles. The molecular formula is C18H22O2S. The van der Waals surface area contributed by atoms with Gasteiger partial charge in [0.2, 0.25) is 0 Å². The van der Waals surface area contributed by atoms with Crippen LogP contribution < -0.4 is 4.74 Å². The van der Waals surface area contributed by atoms with Crippen LogP contribution in [-0.4, -0.2) is 17.0 Å². The second-order valence-corrected chi connectivity index (χ2v) is 6.36. The van der Waals surface area contributed by atoms with Crippen molar-refractivity contribution in [3.63, 3.8) is 0 Å². The molecule has 2 nitrogen and oxygen atoms in total. The molecule has 0 saturated carbocycles. The van der Waals surface area contributed by atoms with Gasteiger partial charge in [0.1, 0.15) is 5.75 Å². The van der Waals surface area contributed by atoms with Crippen molar-refractivity contribution < 1.29 is 9.84 Å². The molecule has 0 spiro atoms. The van der Waals surface area contributed by atoms with Gasteiger partial charge < -0.3 is 9.84 Å². The van der Waals surface area contributed by atoms with E-state index in [1.807, 2.05) is 50.2 Å². The Bertz CT molecular complexity index is 581. The van der Waals surface area contributed by atoms with Crippen molar-refractivity contribution in [1.29, 1.82) is 0 Å². The lowest BCUT2D eigenvalue weighted by atomic mass is 10.1. The zero-order chi connectivity index (χ0) is 15.2. The molecule has 1 unspecified atom stereocenters. The van der Waals surface area contributed by atoms with Crippen molar-refractivity contribution in [2.24, 2.45) is 0 Å². The minimum Gasteiger partial charge on any atom is -0.491 e. The largest absolute Gasteiger partial charge is 0.491 e. The fraction of sp³-hybridized carbons (Fsp3) is 0.333. The van der Waals surface area contributed by atoms with Crippen molar-refractivity contribution in [3.8, 4) is 5.75 Å². The van der Waals surface area contributed by atoms with Crippen molar-refractivity contribution in [1.82, 2.24) is 0 Å². The molecule has 1 atom stereocenters. The summed E-state index contributed by atoms with van der Waals surface area (Å²) in [6.07, 6.45) is -0.438. The van der Waals surface area contributed by atoms with Gasteiger partial charge in [-0.2, -0.15) is 0 Å². The summed E-state index contributed by atoms with van der Waals surface area (Å²) in [6, 6.07) is 15.9. The fourth-order valence-corrected chi connectivity index (χ4v) is 3.08. The first kappa shape index (κ1) is 15.9. The van der Waals surface area contributed by atoms with Gasteiger partial charge in [-0.05, 0) is 38.5 Å². The van der Waals surface area contributed by atoms with Gasteiger partial charge in [0.05, 0.1) is 12.2 Å². The summed E-state index contributed by atoms with van der Waals surface area (Å²) in [4.78, 5) is 1.21. The molecule has 2 aromatic rings. The molecule has 0 amide bonds. The molecule has 0 bridgehead atoms. The Morgan fingerprint density at radius 2 is 1.71 bits per heavy atom. The predicted octanol–water partition coefficient (Wildman–Crippen LogP) is 4.61. The van der Waals surface area contributed by atoms with E-state index in [2.05, 4.69) is 19.1 Å². The average molecular weight is 302 g/mol. The number of thioether (sulfide) groups is 1. The van der Waals surface area contributed by atoms with E-state index in [4.69, 9.17) is 4.74 Å². The van der Waals surface area contributed by atoms with Gasteiger partial charge in [0, 0.05) is 16.2 Å². The third-order valence-electron chi connectivity index (χ3n) is 3.13. The molecule has 0 aliphatic carbocycles. The normalized spacial score (nSPS) is 12.4. The first-order chi connectivity index (χ1) is 10.1. The summed E-state index contributed by atoms with van der Waals surface area (Å²) in [5.41, 5.74) is 2.09. The summed E-state index contributed by atoms with van der Waals surface area (Å²) in [5, 5.41) is 10.5. The summed E-state index contributed by atoms with van der Waals surface area (Å²) in [6.45, 7) is 6.07. The van der Waals surface area contributed by atoms with Crippen LogP contribution in [0.1, 0.15) is 31.1 Å². The molecule has 1 N–H and O–H groups in total. The Labute approximate surface area is 131 Å². The average Bonchev–Trinajstić information content (AvgIpc) is 2.46. The maximum absolute atomic E-state index is 10.5. The number of benzene rings is 2. The third-order valence-corrected chi connectivity index (χ3v) is 4.38. The molecule has 0 saturated heterocycles. The van der Waals surface area contributed by atoms with Crippen molar-refractivity contribution in [3.05, 3.63) is 59.7 Å². The minimum absolute atomic E-state index is 0.0994. The highest BCUT2D eigenvalue weighted by Crippen LogP contribution is 2.31. The Hall–Kier alpha value is -1.45. The van der Waals surface area contributed by atoms with E-state index >= 15 is 0 Å². The van der Waals surface area contributed by atoms with Crippen LogP contribution in [0.5, 0.6) is 5.75 Å². The lowest BCUT2D eigenvalue weighted by Crippen LogP contribution is -2.10. The Morgan fingerprint density at radius 3 is 2.43 bits per heavy atom. The lowest BCUT2D eigenvalue weighted by molar-refractivity contribution is 0.186. The van der Waals surface area contributed by atoms with Gasteiger partial charge in [0.15, 0.2) is 0 Å². The molecule has 0 heterocycles. The third kappa shape index (κ3) is 4.51. The number of aliphatic hydroxyl groups is 1. The SMILES string of the molecule is Cc1ccccc1SCC(O)c1ccccc1OC(C)C. The molecular weight excluding hydrogens is 280 g/mol. The van der Waals surface area contributed by atoms with Crippen molar-refractivity contribution >= 4 is 11.8 Å². The van der Waals surface area contributed by atoms with E-state index in [9.17, 15) is 5.11 Å². The van der Waals surface area contributed by atoms with E-state index in [0.29, 0.717) is 5.75 Å². The number of aliphatic hydroxyl groups excluding tert-OH is 1. The highest BCUT2D eigenvalue weighted by atomic mass is 32.2. The van der Waals surface area contributed by atoms with Crippen LogP contribution in [0.2, 0.25) is 0 Å². The van der Waals surface area contributed by atoms with E-state index in [-0.39, 0.29) is 6.10 Å². The maximum atomic E-state index is 10.5. The molecule has 2 rings (SSSR count). The van der Waals surface area contributed by atoms with Gasteiger partial charge >= 0.3 is 0 Å². The van der Waals surface area contributed by atoms with Crippen LogP contribution in [0.15, 0.2) is 53.4 Å². The monoisotopic (exact) mass is 302 g/mol. The Kier molecular flexibility index (Phi) is 5.71. The summed E-state index contributed by atoms with van der Waals surface area (Å²) < 4.78 is 5.77. The van der Waals surface area contributed by atoms with Crippen LogP contribution in [0.3, 0.4) is 0 Å². The molecule has 0 fully saturated rings. The smallest absolute Gasteiger partial charge is 0.125 e. The molecule has 3 heteroatoms. The maximum Gasteiger partial charge on any atom is 0.125 e. The number of ether oxygens (including phenoxy) is 1. The van der Waals surface area contributed by atoms with Crippen LogP contribution in [0, 0.1) is 6.92 Å². The van der Waals surface area contributed by atoms with Gasteiger partial charge in [-0.1, -0.05) is 36.4 Å². The van der Waals surface area contributed by atoms with Gasteiger partial charge in [-0.25, -0.2) is 0 Å². The van der Waals surface area contributed by atoms with Gasteiger partial charge in [0.25, 0.3) is 0 Å². The van der Waals surface area contributed by atoms with Gasteiger partial charge in [-0.15, -0.1) is 11.8 Å². The first-order valence-electron chi connectivity index (χ1n) is 7.20. The Morgan fingerprint density at radius 1 is 1.05 bits per heavy atom. The molecule has 112 valence electrons. The number of hydrogen-bond acceptors (Lipinski definition) is 3. The van der Waals surface area contributed by atoms with E-state index in [1.54, 1.807) is 11.8 Å². The van der Waals surface area contributed by atoms with E-state index < -0.39 is 6.10 Å². The lowest BCUT2D eigenvalue weighted by Gasteiger charge is -2.18. The zero-order valence-corrected chi connectivity index (χ0v) is 13.6. The number of para-hydroxylation sites is 1. The minimum atomic E-state index is -0.537. The van der Waals surface area contributed by atoms with Gasteiger partial charge in [-0.3, -0.25) is 0 Å². The first-order valence-corrected chi connectivity index (χ1v) is 8.18. The molecule has 0 aliphatic rings. The van der Waals surface area contributed by atoms with Crippen molar-refractivity contribution in [2.45, 2.75) is 37.9 Å². The van der Waals surface area contributed by atoms with E-state index in [1.165, 1.54) is 10.5 Å². The second-order valence-electron chi connectivity index (χ2n) is 5.30.